The van der Waals surface area contributed by atoms with Gasteiger partial charge in [-0.05, 0) is 25.0 Å². The molecule has 1 fully saturated rings. The van der Waals surface area contributed by atoms with E-state index in [9.17, 15) is 4.79 Å². The zero-order chi connectivity index (χ0) is 14.7. The summed E-state index contributed by atoms with van der Waals surface area (Å²) in [6, 6.07) is 7.34. The molecular formula is C15H16ClN3O2. The minimum atomic E-state index is -0.0379. The Labute approximate surface area is 127 Å². The third-order valence-electron chi connectivity index (χ3n) is 3.74. The fourth-order valence-electron chi connectivity index (χ4n) is 2.59. The van der Waals surface area contributed by atoms with Gasteiger partial charge in [0.2, 0.25) is 5.91 Å². The average Bonchev–Trinajstić information content (AvgIpc) is 2.97. The Hall–Kier alpha value is -1.88. The lowest BCUT2D eigenvalue weighted by Crippen LogP contribution is -2.24. The second-order valence-electron chi connectivity index (χ2n) is 5.22. The molecule has 5 nitrogen and oxygen atoms in total. The molecule has 21 heavy (non-hydrogen) atoms. The molecule has 1 aromatic carbocycles. The van der Waals surface area contributed by atoms with Gasteiger partial charge in [-0.3, -0.25) is 10.1 Å². The van der Waals surface area contributed by atoms with E-state index in [2.05, 4.69) is 15.5 Å². The van der Waals surface area contributed by atoms with E-state index < -0.39 is 0 Å². The van der Waals surface area contributed by atoms with Gasteiger partial charge in [0.05, 0.1) is 10.6 Å². The lowest BCUT2D eigenvalue weighted by molar-refractivity contribution is -0.120. The Bertz CT molecular complexity index is 635. The number of aromatic nitrogens is 2. The molecule has 0 saturated heterocycles. The minimum absolute atomic E-state index is 0.0379. The predicted molar refractivity (Wildman–Crippen MR) is 79.9 cm³/mol. The first-order valence-electron chi connectivity index (χ1n) is 7.13. The summed E-state index contributed by atoms with van der Waals surface area (Å²) >= 11 is 6.08. The Balaban J connectivity index is 1.70. The van der Waals surface area contributed by atoms with Gasteiger partial charge in [0, 0.05) is 5.92 Å². The maximum absolute atomic E-state index is 12.1. The molecule has 2 aromatic rings. The van der Waals surface area contributed by atoms with Crippen LogP contribution in [0.5, 0.6) is 0 Å². The van der Waals surface area contributed by atoms with Crippen molar-refractivity contribution < 1.29 is 9.21 Å². The van der Waals surface area contributed by atoms with Gasteiger partial charge in [0.1, 0.15) is 0 Å². The number of hydrogen-bond donors (Lipinski definition) is 1. The zero-order valence-corrected chi connectivity index (χ0v) is 12.3. The largest absolute Gasteiger partial charge is 0.403 e. The van der Waals surface area contributed by atoms with Gasteiger partial charge in [0.25, 0.3) is 5.89 Å². The van der Waals surface area contributed by atoms with Gasteiger partial charge in [-0.25, -0.2) is 0 Å². The van der Waals surface area contributed by atoms with E-state index >= 15 is 0 Å². The number of halogens is 1. The van der Waals surface area contributed by atoms with E-state index in [1.54, 1.807) is 12.1 Å². The summed E-state index contributed by atoms with van der Waals surface area (Å²) in [5, 5.41) is 11.0. The molecule has 0 atom stereocenters. The maximum Gasteiger partial charge on any atom is 0.322 e. The summed E-state index contributed by atoms with van der Waals surface area (Å²) in [5.74, 6) is 0.318. The molecule has 1 N–H and O–H groups in total. The van der Waals surface area contributed by atoms with Crippen molar-refractivity contribution in [3.05, 3.63) is 29.3 Å². The molecule has 0 aliphatic heterocycles. The summed E-state index contributed by atoms with van der Waals surface area (Å²) < 4.78 is 5.47. The Morgan fingerprint density at radius 1 is 1.19 bits per heavy atom. The maximum atomic E-state index is 12.1. The third kappa shape index (κ3) is 3.24. The number of nitrogens with one attached hydrogen (secondary N) is 1. The van der Waals surface area contributed by atoms with Gasteiger partial charge in [-0.15, -0.1) is 5.10 Å². The van der Waals surface area contributed by atoms with Crippen LogP contribution in [0.25, 0.3) is 11.5 Å². The van der Waals surface area contributed by atoms with Crippen LogP contribution in [0, 0.1) is 5.92 Å². The Morgan fingerprint density at radius 3 is 2.71 bits per heavy atom. The van der Waals surface area contributed by atoms with Crippen molar-refractivity contribution in [1.82, 2.24) is 10.2 Å². The molecular weight excluding hydrogens is 290 g/mol. The fourth-order valence-corrected chi connectivity index (χ4v) is 2.81. The van der Waals surface area contributed by atoms with Gasteiger partial charge >= 0.3 is 6.01 Å². The van der Waals surface area contributed by atoms with Crippen LogP contribution in [0.15, 0.2) is 28.7 Å². The predicted octanol–water partition coefficient (Wildman–Crippen LogP) is 3.91. The summed E-state index contributed by atoms with van der Waals surface area (Å²) in [6.07, 6.45) is 5.27. The van der Waals surface area contributed by atoms with Crippen LogP contribution in [-0.4, -0.2) is 16.1 Å². The number of rotatable bonds is 3. The SMILES string of the molecule is O=C(Nc1nnc(-c2ccccc2Cl)o1)C1CCCCC1. The van der Waals surface area contributed by atoms with Crippen molar-refractivity contribution >= 4 is 23.5 Å². The molecule has 1 amide bonds. The molecule has 1 heterocycles. The van der Waals surface area contributed by atoms with Crippen molar-refractivity contribution in [3.8, 4) is 11.5 Å². The molecule has 0 bridgehead atoms. The molecule has 0 unspecified atom stereocenters. The Kier molecular flexibility index (Phi) is 4.20. The molecule has 0 spiro atoms. The van der Waals surface area contributed by atoms with Gasteiger partial charge in [-0.2, -0.15) is 0 Å². The number of carbonyl (C=O) groups is 1. The summed E-state index contributed by atoms with van der Waals surface area (Å²) in [5.41, 5.74) is 0.657. The van der Waals surface area contributed by atoms with E-state index in [1.165, 1.54) is 6.42 Å². The monoisotopic (exact) mass is 305 g/mol. The summed E-state index contributed by atoms with van der Waals surface area (Å²) in [7, 11) is 0. The first kappa shape index (κ1) is 14.1. The number of nitrogens with zero attached hydrogens (tertiary/aromatic N) is 2. The standard InChI is InChI=1S/C15H16ClN3O2/c16-12-9-5-4-8-11(12)14-18-19-15(21-14)17-13(20)10-6-2-1-3-7-10/h4-5,8-10H,1-3,6-7H2,(H,17,19,20). The van der Waals surface area contributed by atoms with Crippen LogP contribution < -0.4 is 5.32 Å². The van der Waals surface area contributed by atoms with E-state index in [0.717, 1.165) is 25.7 Å². The lowest BCUT2D eigenvalue weighted by atomic mass is 9.89. The number of carbonyl (C=O) groups excluding carboxylic acids is 1. The van der Waals surface area contributed by atoms with Crippen molar-refractivity contribution in [2.75, 3.05) is 5.32 Å². The highest BCUT2D eigenvalue weighted by atomic mass is 35.5. The average molecular weight is 306 g/mol. The van der Waals surface area contributed by atoms with E-state index in [-0.39, 0.29) is 17.8 Å². The van der Waals surface area contributed by atoms with Crippen molar-refractivity contribution in [1.29, 1.82) is 0 Å². The van der Waals surface area contributed by atoms with Gasteiger partial charge in [-0.1, -0.05) is 48.1 Å². The van der Waals surface area contributed by atoms with Gasteiger partial charge < -0.3 is 4.42 Å². The molecule has 3 rings (SSSR count). The number of hydrogen-bond acceptors (Lipinski definition) is 4. The highest BCUT2D eigenvalue weighted by molar-refractivity contribution is 6.33. The molecule has 6 heteroatoms. The van der Waals surface area contributed by atoms with Crippen LogP contribution in [0.4, 0.5) is 6.01 Å². The molecule has 1 aliphatic rings. The summed E-state index contributed by atoms with van der Waals surface area (Å²) in [4.78, 5) is 12.1. The number of amides is 1. The van der Waals surface area contributed by atoms with Crippen LogP contribution in [-0.2, 0) is 4.79 Å². The number of benzene rings is 1. The molecule has 1 saturated carbocycles. The van der Waals surface area contributed by atoms with Crippen LogP contribution >= 0.6 is 11.6 Å². The molecule has 1 aliphatic carbocycles. The summed E-state index contributed by atoms with van der Waals surface area (Å²) in [6.45, 7) is 0. The van der Waals surface area contributed by atoms with Crippen LogP contribution in [0.1, 0.15) is 32.1 Å². The third-order valence-corrected chi connectivity index (χ3v) is 4.06. The van der Waals surface area contributed by atoms with E-state index in [0.29, 0.717) is 16.5 Å². The van der Waals surface area contributed by atoms with Gasteiger partial charge in [0.15, 0.2) is 0 Å². The minimum Gasteiger partial charge on any atom is -0.403 e. The molecule has 1 aromatic heterocycles. The number of anilines is 1. The smallest absolute Gasteiger partial charge is 0.322 e. The fraction of sp³-hybridized carbons (Fsp3) is 0.400. The second-order valence-corrected chi connectivity index (χ2v) is 5.62. The van der Waals surface area contributed by atoms with Crippen molar-refractivity contribution in [2.24, 2.45) is 5.92 Å². The first-order chi connectivity index (χ1) is 10.2. The second kappa shape index (κ2) is 6.26. The van der Waals surface area contributed by atoms with Crippen molar-refractivity contribution in [3.63, 3.8) is 0 Å². The van der Waals surface area contributed by atoms with Crippen LogP contribution in [0.2, 0.25) is 5.02 Å². The van der Waals surface area contributed by atoms with E-state index in [1.807, 2.05) is 12.1 Å². The molecule has 0 radical (unpaired) electrons. The normalized spacial score (nSPS) is 15.9. The van der Waals surface area contributed by atoms with Crippen molar-refractivity contribution in [2.45, 2.75) is 32.1 Å². The Morgan fingerprint density at radius 2 is 1.95 bits per heavy atom. The topological polar surface area (TPSA) is 68.0 Å². The van der Waals surface area contributed by atoms with Crippen LogP contribution in [0.3, 0.4) is 0 Å². The van der Waals surface area contributed by atoms with E-state index in [4.69, 9.17) is 16.0 Å². The lowest BCUT2D eigenvalue weighted by Gasteiger charge is -2.19. The quantitative estimate of drug-likeness (QED) is 0.933. The zero-order valence-electron chi connectivity index (χ0n) is 11.5. The highest BCUT2D eigenvalue weighted by Gasteiger charge is 2.23. The molecule has 110 valence electrons. The first-order valence-corrected chi connectivity index (χ1v) is 7.51. The highest BCUT2D eigenvalue weighted by Crippen LogP contribution is 2.28.